The van der Waals surface area contributed by atoms with Gasteiger partial charge in [-0.15, -0.1) is 0 Å². The summed E-state index contributed by atoms with van der Waals surface area (Å²) in [5.41, 5.74) is 0.827. The number of nitrogens with one attached hydrogen (secondary N) is 1. The minimum absolute atomic E-state index is 0.0598. The van der Waals surface area contributed by atoms with Crippen molar-refractivity contribution in [2.24, 2.45) is 5.41 Å². The van der Waals surface area contributed by atoms with Crippen LogP contribution in [0.5, 0.6) is 0 Å². The van der Waals surface area contributed by atoms with E-state index in [1.165, 1.54) is 25.7 Å². The van der Waals surface area contributed by atoms with E-state index >= 15 is 0 Å². The molecule has 2 nitrogen and oxygen atoms in total. The van der Waals surface area contributed by atoms with Crippen molar-refractivity contribution in [2.45, 2.75) is 25.7 Å². The molecule has 0 radical (unpaired) electrons. The first-order valence-corrected chi connectivity index (χ1v) is 8.64. The fraction of sp³-hybridized carbons (Fsp3) is 0.500. The maximum absolute atomic E-state index is 12.2. The van der Waals surface area contributed by atoms with E-state index in [9.17, 15) is 4.79 Å². The van der Waals surface area contributed by atoms with Crippen LogP contribution < -0.4 is 5.32 Å². The lowest BCUT2D eigenvalue weighted by atomic mass is 9.89. The van der Waals surface area contributed by atoms with Crippen LogP contribution in [0, 0.1) is 5.41 Å². The Morgan fingerprint density at radius 2 is 2.00 bits per heavy atom. The molecule has 0 heterocycles. The van der Waals surface area contributed by atoms with Crippen LogP contribution in [0.1, 0.15) is 36.0 Å². The van der Waals surface area contributed by atoms with Gasteiger partial charge in [-0.05, 0) is 36.5 Å². The normalized spacial score (nSPS) is 17.4. The molecule has 0 saturated heterocycles. The Bertz CT molecular complexity index is 452. The highest BCUT2D eigenvalue weighted by atomic mass is 79.9. The quantitative estimate of drug-likeness (QED) is 0.712. The second-order valence-corrected chi connectivity index (χ2v) is 7.09. The van der Waals surface area contributed by atoms with Crippen LogP contribution in [0.2, 0.25) is 5.02 Å². The number of rotatable bonds is 4. The van der Waals surface area contributed by atoms with Gasteiger partial charge in [-0.2, -0.15) is 0 Å². The third-order valence-corrected chi connectivity index (χ3v) is 5.56. The van der Waals surface area contributed by atoms with Crippen molar-refractivity contribution < 1.29 is 4.79 Å². The molecule has 0 unspecified atom stereocenters. The average Bonchev–Trinajstić information content (AvgIpc) is 2.84. The fourth-order valence-electron chi connectivity index (χ4n) is 2.54. The Hall–Kier alpha value is -0.0600. The van der Waals surface area contributed by atoms with E-state index in [0.717, 1.165) is 16.3 Å². The van der Waals surface area contributed by atoms with Crippen LogP contribution >= 0.6 is 43.5 Å². The van der Waals surface area contributed by atoms with E-state index in [4.69, 9.17) is 11.6 Å². The summed E-state index contributed by atoms with van der Waals surface area (Å²) < 4.78 is 0.821. The van der Waals surface area contributed by atoms with Gasteiger partial charge in [0.1, 0.15) is 0 Å². The van der Waals surface area contributed by atoms with Crippen molar-refractivity contribution in [3.05, 3.63) is 33.3 Å². The number of halogens is 3. The zero-order valence-electron chi connectivity index (χ0n) is 10.5. The lowest BCUT2D eigenvalue weighted by molar-refractivity contribution is 0.0935. The van der Waals surface area contributed by atoms with Crippen LogP contribution in [0.4, 0.5) is 0 Å². The van der Waals surface area contributed by atoms with E-state index < -0.39 is 0 Å². The summed E-state index contributed by atoms with van der Waals surface area (Å²) in [7, 11) is 0. The largest absolute Gasteiger partial charge is 0.351 e. The zero-order valence-corrected chi connectivity index (χ0v) is 14.4. The van der Waals surface area contributed by atoms with Gasteiger partial charge in [0.2, 0.25) is 0 Å². The van der Waals surface area contributed by atoms with Crippen molar-refractivity contribution in [3.8, 4) is 0 Å². The molecule has 1 aliphatic carbocycles. The second kappa shape index (κ2) is 6.59. The molecule has 1 fully saturated rings. The fourth-order valence-corrected chi connectivity index (χ4v) is 4.16. The maximum Gasteiger partial charge on any atom is 0.251 e. The second-order valence-electron chi connectivity index (χ2n) is 5.18. The van der Waals surface area contributed by atoms with Crippen LogP contribution in [-0.4, -0.2) is 17.8 Å². The summed E-state index contributed by atoms with van der Waals surface area (Å²) in [5.74, 6) is -0.0598. The molecular weight excluding hydrogens is 393 g/mol. The van der Waals surface area contributed by atoms with Gasteiger partial charge in [0.25, 0.3) is 5.91 Å². The minimum Gasteiger partial charge on any atom is -0.351 e. The molecule has 1 aromatic carbocycles. The van der Waals surface area contributed by atoms with Gasteiger partial charge in [0, 0.05) is 26.9 Å². The average molecular weight is 410 g/mol. The van der Waals surface area contributed by atoms with Crippen molar-refractivity contribution in [2.75, 3.05) is 11.9 Å². The summed E-state index contributed by atoms with van der Waals surface area (Å²) >= 11 is 12.9. The molecule has 0 spiro atoms. The highest BCUT2D eigenvalue weighted by molar-refractivity contribution is 9.10. The SMILES string of the molecule is O=C(NCC1(CBr)CCCC1)c1cc(Cl)cc(Br)c1. The highest BCUT2D eigenvalue weighted by Gasteiger charge is 2.33. The molecule has 1 amide bonds. The molecule has 0 aromatic heterocycles. The molecular formula is C14H16Br2ClNO. The molecule has 2 rings (SSSR count). The van der Waals surface area contributed by atoms with E-state index in [1.807, 2.05) is 0 Å². The van der Waals surface area contributed by atoms with Gasteiger partial charge in [-0.3, -0.25) is 4.79 Å². The number of carbonyl (C=O) groups excluding carboxylic acids is 1. The predicted octanol–water partition coefficient (Wildman–Crippen LogP) is 4.79. The number of carbonyl (C=O) groups is 1. The maximum atomic E-state index is 12.2. The van der Waals surface area contributed by atoms with E-state index in [-0.39, 0.29) is 11.3 Å². The highest BCUT2D eigenvalue weighted by Crippen LogP contribution is 2.39. The Kier molecular flexibility index (Phi) is 5.32. The van der Waals surface area contributed by atoms with Crippen LogP contribution in [0.25, 0.3) is 0 Å². The van der Waals surface area contributed by atoms with Crippen LogP contribution in [0.15, 0.2) is 22.7 Å². The smallest absolute Gasteiger partial charge is 0.251 e. The Labute approximate surface area is 135 Å². The van der Waals surface area contributed by atoms with Gasteiger partial charge in [0.15, 0.2) is 0 Å². The predicted molar refractivity (Wildman–Crippen MR) is 86.2 cm³/mol. The zero-order chi connectivity index (χ0) is 13.9. The van der Waals surface area contributed by atoms with Crippen molar-refractivity contribution in [1.29, 1.82) is 0 Å². The Morgan fingerprint density at radius 1 is 1.32 bits per heavy atom. The van der Waals surface area contributed by atoms with Crippen molar-refractivity contribution in [1.82, 2.24) is 5.32 Å². The summed E-state index contributed by atoms with van der Waals surface area (Å²) in [6, 6.07) is 5.25. The van der Waals surface area contributed by atoms with Gasteiger partial charge < -0.3 is 5.32 Å². The van der Waals surface area contributed by atoms with Crippen LogP contribution in [0.3, 0.4) is 0 Å². The lowest BCUT2D eigenvalue weighted by Gasteiger charge is -2.26. The molecule has 0 bridgehead atoms. The monoisotopic (exact) mass is 407 g/mol. The first-order chi connectivity index (χ1) is 9.04. The number of amides is 1. The summed E-state index contributed by atoms with van der Waals surface area (Å²) in [6.45, 7) is 0.723. The first-order valence-electron chi connectivity index (χ1n) is 6.35. The third-order valence-electron chi connectivity index (χ3n) is 3.70. The summed E-state index contributed by atoms with van der Waals surface area (Å²) in [6.07, 6.45) is 4.86. The van der Waals surface area contributed by atoms with Gasteiger partial charge in [-0.1, -0.05) is 56.3 Å². The Balaban J connectivity index is 2.01. The van der Waals surface area contributed by atoms with Crippen molar-refractivity contribution in [3.63, 3.8) is 0 Å². The van der Waals surface area contributed by atoms with E-state index in [0.29, 0.717) is 10.6 Å². The lowest BCUT2D eigenvalue weighted by Crippen LogP contribution is -2.37. The molecule has 5 heteroatoms. The number of hydrogen-bond donors (Lipinski definition) is 1. The Morgan fingerprint density at radius 3 is 2.58 bits per heavy atom. The molecule has 1 aliphatic rings. The van der Waals surface area contributed by atoms with Crippen molar-refractivity contribution >= 4 is 49.4 Å². The summed E-state index contributed by atoms with van der Waals surface area (Å²) in [4.78, 5) is 12.2. The molecule has 1 aromatic rings. The first kappa shape index (κ1) is 15.3. The van der Waals surface area contributed by atoms with Gasteiger partial charge in [0.05, 0.1) is 0 Å². The molecule has 0 aliphatic heterocycles. The van der Waals surface area contributed by atoms with E-state index in [1.54, 1.807) is 18.2 Å². The topological polar surface area (TPSA) is 29.1 Å². The molecule has 19 heavy (non-hydrogen) atoms. The molecule has 1 N–H and O–H groups in total. The standard InChI is InChI=1S/C14H16Br2ClNO/c15-8-14(3-1-2-4-14)9-18-13(19)10-5-11(16)7-12(17)6-10/h5-7H,1-4,8-9H2,(H,18,19). The molecule has 104 valence electrons. The van der Waals surface area contributed by atoms with Gasteiger partial charge >= 0.3 is 0 Å². The van der Waals surface area contributed by atoms with Crippen LogP contribution in [-0.2, 0) is 0 Å². The van der Waals surface area contributed by atoms with Gasteiger partial charge in [-0.25, -0.2) is 0 Å². The molecule has 1 saturated carbocycles. The summed E-state index contributed by atoms with van der Waals surface area (Å²) in [5, 5.41) is 4.55. The number of alkyl halides is 1. The molecule has 0 atom stereocenters. The third kappa shape index (κ3) is 3.96. The van der Waals surface area contributed by atoms with E-state index in [2.05, 4.69) is 37.2 Å². The number of hydrogen-bond acceptors (Lipinski definition) is 1. The number of benzene rings is 1. The minimum atomic E-state index is -0.0598.